The molecule has 3 N–H and O–H groups in total. The summed E-state index contributed by atoms with van der Waals surface area (Å²) < 4.78 is 0. The maximum absolute atomic E-state index is 11.6. The second-order valence-electron chi connectivity index (χ2n) is 7.24. The van der Waals surface area contributed by atoms with Gasteiger partial charge >= 0.3 is 6.03 Å². The van der Waals surface area contributed by atoms with E-state index in [1.807, 2.05) is 0 Å². The zero-order valence-corrected chi connectivity index (χ0v) is 16.6. The largest absolute Gasteiger partial charge is 0.355 e. The van der Waals surface area contributed by atoms with Crippen LogP contribution >= 0.6 is 0 Å². The number of rotatable bonds is 6. The van der Waals surface area contributed by atoms with Crippen molar-refractivity contribution in [3.63, 3.8) is 0 Å². The highest BCUT2D eigenvalue weighted by Crippen LogP contribution is 2.23. The second-order valence-corrected chi connectivity index (χ2v) is 7.24. The molecule has 3 rings (SSSR count). The van der Waals surface area contributed by atoms with Crippen LogP contribution in [0.15, 0.2) is 35.3 Å². The van der Waals surface area contributed by atoms with Gasteiger partial charge in [0, 0.05) is 45.3 Å². The predicted octanol–water partition coefficient (Wildman–Crippen LogP) is 0.929. The average Bonchev–Trinajstić information content (AvgIpc) is 3.05. The number of carbonyl (C=O) groups excluding carboxylic acids is 2. The maximum atomic E-state index is 11.6. The van der Waals surface area contributed by atoms with Gasteiger partial charge in [-0.25, -0.2) is 4.79 Å². The molecule has 0 aliphatic carbocycles. The normalized spacial score (nSPS) is 20.2. The van der Waals surface area contributed by atoms with Crippen LogP contribution < -0.4 is 16.0 Å². The first-order valence-electron chi connectivity index (χ1n) is 9.93. The number of amides is 3. The third-order valence-electron chi connectivity index (χ3n) is 5.49. The van der Waals surface area contributed by atoms with E-state index in [4.69, 9.17) is 0 Å². The fourth-order valence-corrected chi connectivity index (χ4v) is 3.73. The lowest BCUT2D eigenvalue weighted by molar-refractivity contribution is -0.124. The monoisotopic (exact) mass is 386 g/mol. The number of benzene rings is 1. The molecule has 2 aliphatic rings. The SMILES string of the molecule is CN=C(NCCN1C(=O)CNC1=O)NC1CCN(C(C)c2ccccc2)CC1. The summed E-state index contributed by atoms with van der Waals surface area (Å²) in [4.78, 5) is 31.2. The third-order valence-corrected chi connectivity index (χ3v) is 5.49. The van der Waals surface area contributed by atoms with Gasteiger partial charge in [0.1, 0.15) is 0 Å². The highest BCUT2D eigenvalue weighted by atomic mass is 16.2. The maximum Gasteiger partial charge on any atom is 0.324 e. The van der Waals surface area contributed by atoms with Crippen molar-refractivity contribution in [3.05, 3.63) is 35.9 Å². The summed E-state index contributed by atoms with van der Waals surface area (Å²) in [5.74, 6) is 0.524. The Morgan fingerprint density at radius 3 is 2.57 bits per heavy atom. The second kappa shape index (κ2) is 9.54. The van der Waals surface area contributed by atoms with Crippen molar-refractivity contribution in [1.82, 2.24) is 25.8 Å². The van der Waals surface area contributed by atoms with E-state index in [1.54, 1.807) is 7.05 Å². The lowest BCUT2D eigenvalue weighted by atomic mass is 10.0. The number of piperidine rings is 1. The zero-order chi connectivity index (χ0) is 19.9. The molecule has 8 nitrogen and oxygen atoms in total. The number of hydrogen-bond donors (Lipinski definition) is 3. The highest BCUT2D eigenvalue weighted by molar-refractivity contribution is 6.01. The summed E-state index contributed by atoms with van der Waals surface area (Å²) in [5, 5.41) is 9.18. The molecule has 1 aromatic rings. The van der Waals surface area contributed by atoms with E-state index in [9.17, 15) is 9.59 Å². The first-order valence-corrected chi connectivity index (χ1v) is 9.93. The minimum Gasteiger partial charge on any atom is -0.355 e. The number of nitrogens with one attached hydrogen (secondary N) is 3. The van der Waals surface area contributed by atoms with Gasteiger partial charge in [0.25, 0.3) is 0 Å². The van der Waals surface area contributed by atoms with Crippen LogP contribution in [0.3, 0.4) is 0 Å². The number of aliphatic imine (C=N–C) groups is 1. The van der Waals surface area contributed by atoms with E-state index in [1.165, 1.54) is 10.5 Å². The standard InChI is InChI=1S/C20H30N6O2/c1-15(16-6-4-3-5-7-16)25-11-8-17(9-12-25)24-19(21-2)22-10-13-26-18(27)14-23-20(26)28/h3-7,15,17H,8-14H2,1-2H3,(H,23,28)(H2,21,22,24). The molecule has 0 bridgehead atoms. The first kappa shape index (κ1) is 20.1. The van der Waals surface area contributed by atoms with Crippen LogP contribution in [0.4, 0.5) is 4.79 Å². The van der Waals surface area contributed by atoms with Crippen LogP contribution in [-0.4, -0.2) is 73.5 Å². The van der Waals surface area contributed by atoms with Crippen LogP contribution in [0.25, 0.3) is 0 Å². The van der Waals surface area contributed by atoms with E-state index in [0.29, 0.717) is 31.1 Å². The molecule has 8 heteroatoms. The first-order chi connectivity index (χ1) is 13.6. The topological polar surface area (TPSA) is 89.1 Å². The van der Waals surface area contributed by atoms with Gasteiger partial charge in [0.15, 0.2) is 5.96 Å². The summed E-state index contributed by atoms with van der Waals surface area (Å²) >= 11 is 0. The third kappa shape index (κ3) is 5.01. The number of imide groups is 1. The molecule has 1 aromatic carbocycles. The van der Waals surface area contributed by atoms with Crippen LogP contribution in [0, 0.1) is 0 Å². The van der Waals surface area contributed by atoms with E-state index in [2.05, 4.69) is 63.1 Å². The van der Waals surface area contributed by atoms with Crippen molar-refractivity contribution in [2.24, 2.45) is 4.99 Å². The molecule has 2 fully saturated rings. The number of hydrogen-bond acceptors (Lipinski definition) is 4. The molecule has 28 heavy (non-hydrogen) atoms. The van der Waals surface area contributed by atoms with Crippen molar-refractivity contribution in [1.29, 1.82) is 0 Å². The Bertz CT molecular complexity index is 684. The Hall–Kier alpha value is -2.61. The smallest absolute Gasteiger partial charge is 0.324 e. The Morgan fingerprint density at radius 2 is 1.96 bits per heavy atom. The van der Waals surface area contributed by atoms with Crippen molar-refractivity contribution in [3.8, 4) is 0 Å². The van der Waals surface area contributed by atoms with Crippen LogP contribution in [0.1, 0.15) is 31.4 Å². The lowest BCUT2D eigenvalue weighted by Crippen LogP contribution is -2.50. The molecule has 2 saturated heterocycles. The Balaban J connectivity index is 1.40. The average molecular weight is 387 g/mol. The fraction of sp³-hybridized carbons (Fsp3) is 0.550. The van der Waals surface area contributed by atoms with Crippen molar-refractivity contribution in [2.75, 3.05) is 39.8 Å². The number of guanidine groups is 1. The quantitative estimate of drug-likeness (QED) is 0.385. The number of carbonyl (C=O) groups is 2. The molecular weight excluding hydrogens is 356 g/mol. The summed E-state index contributed by atoms with van der Waals surface area (Å²) in [6, 6.07) is 11.1. The highest BCUT2D eigenvalue weighted by Gasteiger charge is 2.28. The van der Waals surface area contributed by atoms with Crippen LogP contribution in [0.5, 0.6) is 0 Å². The molecule has 152 valence electrons. The number of likely N-dealkylation sites (tertiary alicyclic amines) is 1. The molecule has 0 saturated carbocycles. The van der Waals surface area contributed by atoms with Crippen LogP contribution in [0.2, 0.25) is 0 Å². The molecule has 0 aromatic heterocycles. The van der Waals surface area contributed by atoms with Gasteiger partial charge in [0.05, 0.1) is 6.54 Å². The molecular formula is C20H30N6O2. The van der Waals surface area contributed by atoms with Crippen molar-refractivity contribution >= 4 is 17.9 Å². The van der Waals surface area contributed by atoms with E-state index in [-0.39, 0.29) is 18.5 Å². The van der Waals surface area contributed by atoms with Crippen molar-refractivity contribution < 1.29 is 9.59 Å². The van der Waals surface area contributed by atoms with Gasteiger partial charge in [-0.2, -0.15) is 0 Å². The van der Waals surface area contributed by atoms with Gasteiger partial charge in [0.2, 0.25) is 5.91 Å². The van der Waals surface area contributed by atoms with Gasteiger partial charge < -0.3 is 16.0 Å². The fourth-order valence-electron chi connectivity index (χ4n) is 3.73. The summed E-state index contributed by atoms with van der Waals surface area (Å²) in [6.07, 6.45) is 2.09. The molecule has 0 radical (unpaired) electrons. The Morgan fingerprint density at radius 1 is 1.25 bits per heavy atom. The van der Waals surface area contributed by atoms with Crippen molar-refractivity contribution in [2.45, 2.75) is 31.8 Å². The van der Waals surface area contributed by atoms with E-state index < -0.39 is 0 Å². The van der Waals surface area contributed by atoms with Gasteiger partial charge in [-0.1, -0.05) is 30.3 Å². The predicted molar refractivity (Wildman–Crippen MR) is 109 cm³/mol. The summed E-state index contributed by atoms with van der Waals surface area (Å²) in [6.45, 7) is 5.23. The Labute approximate surface area is 166 Å². The van der Waals surface area contributed by atoms with Gasteiger partial charge in [-0.05, 0) is 25.3 Å². The van der Waals surface area contributed by atoms with E-state index in [0.717, 1.165) is 25.9 Å². The van der Waals surface area contributed by atoms with Crippen LogP contribution in [-0.2, 0) is 4.79 Å². The Kier molecular flexibility index (Phi) is 6.86. The van der Waals surface area contributed by atoms with Gasteiger partial charge in [-0.3, -0.25) is 19.6 Å². The minimum atomic E-state index is -0.324. The summed E-state index contributed by atoms with van der Waals surface area (Å²) in [7, 11) is 1.73. The molecule has 3 amide bonds. The molecule has 0 spiro atoms. The zero-order valence-electron chi connectivity index (χ0n) is 16.6. The molecule has 2 heterocycles. The minimum absolute atomic E-state index is 0.0891. The molecule has 1 atom stereocenters. The summed E-state index contributed by atoms with van der Waals surface area (Å²) in [5.41, 5.74) is 1.35. The molecule has 2 aliphatic heterocycles. The number of urea groups is 1. The van der Waals surface area contributed by atoms with Gasteiger partial charge in [-0.15, -0.1) is 0 Å². The molecule has 1 unspecified atom stereocenters. The number of nitrogens with zero attached hydrogens (tertiary/aromatic N) is 3. The lowest BCUT2D eigenvalue weighted by Gasteiger charge is -2.37. The van der Waals surface area contributed by atoms with E-state index >= 15 is 0 Å².